The number of aromatic nitrogens is 2. The molecule has 0 radical (unpaired) electrons. The molecule has 1 aromatic carbocycles. The highest BCUT2D eigenvalue weighted by molar-refractivity contribution is 5.73. The fourth-order valence-corrected chi connectivity index (χ4v) is 1.81. The highest BCUT2D eigenvalue weighted by Gasteiger charge is 2.06. The largest absolute Gasteiger partial charge is 0.383 e. The van der Waals surface area contributed by atoms with Gasteiger partial charge in [-0.3, -0.25) is 4.68 Å². The predicted octanol–water partition coefficient (Wildman–Crippen LogP) is 2.62. The summed E-state index contributed by atoms with van der Waals surface area (Å²) in [5, 5.41) is 4.14. The molecule has 0 saturated heterocycles. The lowest BCUT2D eigenvalue weighted by molar-refractivity contribution is 0.779. The molecule has 3 heteroatoms. The quantitative estimate of drug-likeness (QED) is 0.855. The van der Waals surface area contributed by atoms with E-state index in [-0.39, 0.29) is 0 Å². The first-order valence-electron chi connectivity index (χ1n) is 5.59. The van der Waals surface area contributed by atoms with Gasteiger partial charge >= 0.3 is 0 Å². The lowest BCUT2D eigenvalue weighted by atomic mass is 10.0. The third-order valence-electron chi connectivity index (χ3n) is 2.79. The van der Waals surface area contributed by atoms with Gasteiger partial charge in [-0.05, 0) is 17.5 Å². The Hall–Kier alpha value is -1.77. The summed E-state index contributed by atoms with van der Waals surface area (Å²) in [4.78, 5) is 0. The molecule has 0 saturated carbocycles. The predicted molar refractivity (Wildman–Crippen MR) is 67.1 cm³/mol. The van der Waals surface area contributed by atoms with E-state index < -0.39 is 0 Å². The summed E-state index contributed by atoms with van der Waals surface area (Å²) in [7, 11) is 1.85. The first-order chi connectivity index (χ1) is 7.72. The molecule has 3 nitrogen and oxygen atoms in total. The Balaban J connectivity index is 2.31. The van der Waals surface area contributed by atoms with Crippen LogP contribution in [0.5, 0.6) is 0 Å². The summed E-state index contributed by atoms with van der Waals surface area (Å²) < 4.78 is 1.69. The highest BCUT2D eigenvalue weighted by atomic mass is 15.3. The maximum atomic E-state index is 5.93. The van der Waals surface area contributed by atoms with Gasteiger partial charge in [-0.25, -0.2) is 0 Å². The van der Waals surface area contributed by atoms with E-state index in [1.54, 1.807) is 4.68 Å². The molecule has 2 N–H and O–H groups in total. The van der Waals surface area contributed by atoms with Gasteiger partial charge in [0.1, 0.15) is 5.82 Å². The number of anilines is 1. The molecule has 0 aliphatic carbocycles. The molecule has 84 valence electrons. The van der Waals surface area contributed by atoms with Gasteiger partial charge in [0.05, 0.1) is 6.20 Å². The van der Waals surface area contributed by atoms with Crippen molar-refractivity contribution in [3.8, 4) is 11.1 Å². The molecule has 16 heavy (non-hydrogen) atoms. The van der Waals surface area contributed by atoms with Crippen LogP contribution in [0.4, 0.5) is 5.82 Å². The van der Waals surface area contributed by atoms with Gasteiger partial charge in [0.15, 0.2) is 0 Å². The van der Waals surface area contributed by atoms with Crippen LogP contribution in [0.15, 0.2) is 30.5 Å². The maximum absolute atomic E-state index is 5.93. The summed E-state index contributed by atoms with van der Waals surface area (Å²) in [5.74, 6) is 0.711. The van der Waals surface area contributed by atoms with E-state index in [1.807, 2.05) is 13.2 Å². The van der Waals surface area contributed by atoms with Crippen molar-refractivity contribution in [3.05, 3.63) is 36.0 Å². The lowest BCUT2D eigenvalue weighted by Gasteiger charge is -2.03. The lowest BCUT2D eigenvalue weighted by Crippen LogP contribution is -1.98. The Morgan fingerprint density at radius 3 is 2.44 bits per heavy atom. The molecular formula is C13H17N3. The number of nitrogen functional groups attached to an aromatic ring is 1. The first kappa shape index (κ1) is 10.7. The molecule has 0 unspecified atom stereocenters. The van der Waals surface area contributed by atoms with E-state index in [1.165, 1.54) is 12.0 Å². The van der Waals surface area contributed by atoms with E-state index in [2.05, 4.69) is 36.3 Å². The van der Waals surface area contributed by atoms with Crippen molar-refractivity contribution in [1.82, 2.24) is 9.78 Å². The minimum Gasteiger partial charge on any atom is -0.383 e. The zero-order chi connectivity index (χ0) is 11.5. The fraction of sp³-hybridized carbons (Fsp3) is 0.308. The average molecular weight is 215 g/mol. The molecule has 0 fully saturated rings. The molecule has 0 amide bonds. The number of benzene rings is 1. The number of rotatable bonds is 3. The van der Waals surface area contributed by atoms with Crippen LogP contribution in [0.25, 0.3) is 11.1 Å². The third kappa shape index (κ3) is 1.94. The topological polar surface area (TPSA) is 43.8 Å². The Labute approximate surface area is 95.9 Å². The van der Waals surface area contributed by atoms with Gasteiger partial charge in [0.2, 0.25) is 0 Å². The van der Waals surface area contributed by atoms with Crippen molar-refractivity contribution in [2.24, 2.45) is 7.05 Å². The van der Waals surface area contributed by atoms with E-state index in [9.17, 15) is 0 Å². The van der Waals surface area contributed by atoms with Crippen molar-refractivity contribution < 1.29 is 0 Å². The smallest absolute Gasteiger partial charge is 0.129 e. The second-order valence-corrected chi connectivity index (χ2v) is 4.01. The van der Waals surface area contributed by atoms with E-state index in [0.717, 1.165) is 17.5 Å². The molecule has 1 aromatic heterocycles. The van der Waals surface area contributed by atoms with Gasteiger partial charge in [0, 0.05) is 12.6 Å². The van der Waals surface area contributed by atoms with Crippen molar-refractivity contribution >= 4 is 5.82 Å². The zero-order valence-corrected chi connectivity index (χ0v) is 9.77. The van der Waals surface area contributed by atoms with Crippen LogP contribution in [0.2, 0.25) is 0 Å². The maximum Gasteiger partial charge on any atom is 0.129 e. The van der Waals surface area contributed by atoms with Crippen molar-refractivity contribution in [2.75, 3.05) is 5.73 Å². The van der Waals surface area contributed by atoms with Crippen LogP contribution < -0.4 is 5.73 Å². The van der Waals surface area contributed by atoms with E-state index >= 15 is 0 Å². The second kappa shape index (κ2) is 4.39. The molecule has 0 spiro atoms. The molecule has 0 aliphatic heterocycles. The SMILES string of the molecule is CCCc1ccc(-c2cnn(C)c2N)cc1. The summed E-state index contributed by atoms with van der Waals surface area (Å²) in [6, 6.07) is 8.54. The molecule has 0 atom stereocenters. The van der Waals surface area contributed by atoms with Crippen LogP contribution in [-0.2, 0) is 13.5 Å². The number of nitrogens with zero attached hydrogens (tertiary/aromatic N) is 2. The standard InChI is InChI=1S/C13H17N3/c1-3-4-10-5-7-11(8-6-10)12-9-15-16(2)13(12)14/h5-9H,3-4,14H2,1-2H3. The van der Waals surface area contributed by atoms with Gasteiger partial charge in [-0.2, -0.15) is 5.10 Å². The van der Waals surface area contributed by atoms with Crippen LogP contribution in [0.3, 0.4) is 0 Å². The minimum absolute atomic E-state index is 0.711. The summed E-state index contributed by atoms with van der Waals surface area (Å²) in [6.45, 7) is 2.19. The first-order valence-corrected chi connectivity index (χ1v) is 5.59. The Morgan fingerprint density at radius 2 is 1.94 bits per heavy atom. The highest BCUT2D eigenvalue weighted by Crippen LogP contribution is 2.25. The fourth-order valence-electron chi connectivity index (χ4n) is 1.81. The van der Waals surface area contributed by atoms with Crippen molar-refractivity contribution in [1.29, 1.82) is 0 Å². The molecule has 2 aromatic rings. The third-order valence-corrected chi connectivity index (χ3v) is 2.79. The van der Waals surface area contributed by atoms with Gasteiger partial charge < -0.3 is 5.73 Å². The van der Waals surface area contributed by atoms with Crippen molar-refractivity contribution in [3.63, 3.8) is 0 Å². The van der Waals surface area contributed by atoms with Crippen LogP contribution in [-0.4, -0.2) is 9.78 Å². The molecule has 0 bridgehead atoms. The van der Waals surface area contributed by atoms with Crippen molar-refractivity contribution in [2.45, 2.75) is 19.8 Å². The van der Waals surface area contributed by atoms with Crippen LogP contribution in [0.1, 0.15) is 18.9 Å². The molecule has 2 rings (SSSR count). The van der Waals surface area contributed by atoms with Gasteiger partial charge in [-0.1, -0.05) is 37.6 Å². The number of hydrogen-bond donors (Lipinski definition) is 1. The van der Waals surface area contributed by atoms with Gasteiger partial charge in [0.25, 0.3) is 0 Å². The summed E-state index contributed by atoms with van der Waals surface area (Å²) >= 11 is 0. The minimum atomic E-state index is 0.711. The van der Waals surface area contributed by atoms with Crippen LogP contribution >= 0.6 is 0 Å². The summed E-state index contributed by atoms with van der Waals surface area (Å²) in [5.41, 5.74) is 9.44. The van der Waals surface area contributed by atoms with Gasteiger partial charge in [-0.15, -0.1) is 0 Å². The normalized spacial score (nSPS) is 10.6. The number of hydrogen-bond acceptors (Lipinski definition) is 2. The number of aryl methyl sites for hydroxylation is 2. The van der Waals surface area contributed by atoms with E-state index in [4.69, 9.17) is 5.73 Å². The average Bonchev–Trinajstić information content (AvgIpc) is 2.62. The summed E-state index contributed by atoms with van der Waals surface area (Å²) in [6.07, 6.45) is 4.11. The van der Waals surface area contributed by atoms with Crippen LogP contribution in [0, 0.1) is 0 Å². The second-order valence-electron chi connectivity index (χ2n) is 4.01. The Bertz CT molecular complexity index is 468. The molecular weight excluding hydrogens is 198 g/mol. The Morgan fingerprint density at radius 1 is 1.25 bits per heavy atom. The zero-order valence-electron chi connectivity index (χ0n) is 9.77. The Kier molecular flexibility index (Phi) is 2.95. The molecule has 0 aliphatic rings. The molecule has 1 heterocycles. The van der Waals surface area contributed by atoms with E-state index in [0.29, 0.717) is 5.82 Å². The monoisotopic (exact) mass is 215 g/mol. The number of nitrogens with two attached hydrogens (primary N) is 1.